The molecule has 0 aliphatic heterocycles. The standard InChI is InChI=1S/C12H17N3O2/c1-12(2,3)15-10(16)8-14-11(17)9-6-4-5-7-13-9/h4-7H,8H2,1-3H3,(H,14,17)(H,15,16). The number of carbonyl (C=O) groups excluding carboxylic acids is 2. The Morgan fingerprint density at radius 2 is 2.00 bits per heavy atom. The van der Waals surface area contributed by atoms with Gasteiger partial charge in [-0.1, -0.05) is 6.07 Å². The summed E-state index contributed by atoms with van der Waals surface area (Å²) in [5, 5.41) is 5.26. The molecule has 2 N–H and O–H groups in total. The maximum Gasteiger partial charge on any atom is 0.270 e. The fourth-order valence-electron chi connectivity index (χ4n) is 1.21. The average Bonchev–Trinajstić information content (AvgIpc) is 2.25. The van der Waals surface area contributed by atoms with Crippen molar-refractivity contribution in [2.45, 2.75) is 26.3 Å². The topological polar surface area (TPSA) is 71.1 Å². The van der Waals surface area contributed by atoms with Crippen molar-refractivity contribution < 1.29 is 9.59 Å². The first-order chi connectivity index (χ1) is 7.88. The van der Waals surface area contributed by atoms with Gasteiger partial charge in [0.05, 0.1) is 6.54 Å². The van der Waals surface area contributed by atoms with Crippen molar-refractivity contribution in [3.05, 3.63) is 30.1 Å². The van der Waals surface area contributed by atoms with Crippen LogP contribution in [0.1, 0.15) is 31.3 Å². The lowest BCUT2D eigenvalue weighted by Gasteiger charge is -2.20. The molecule has 0 aliphatic carbocycles. The molecule has 1 rings (SSSR count). The number of nitrogens with one attached hydrogen (secondary N) is 2. The molecule has 5 nitrogen and oxygen atoms in total. The highest BCUT2D eigenvalue weighted by Crippen LogP contribution is 1.97. The van der Waals surface area contributed by atoms with E-state index in [9.17, 15) is 9.59 Å². The van der Waals surface area contributed by atoms with Crippen LogP contribution in [0.3, 0.4) is 0 Å². The Morgan fingerprint density at radius 1 is 1.29 bits per heavy atom. The zero-order valence-corrected chi connectivity index (χ0v) is 10.3. The van der Waals surface area contributed by atoms with E-state index in [1.165, 1.54) is 6.20 Å². The van der Waals surface area contributed by atoms with E-state index >= 15 is 0 Å². The zero-order chi connectivity index (χ0) is 12.9. The summed E-state index contributed by atoms with van der Waals surface area (Å²) in [6.45, 7) is 5.59. The minimum atomic E-state index is -0.352. The number of rotatable bonds is 3. The van der Waals surface area contributed by atoms with E-state index in [2.05, 4.69) is 15.6 Å². The quantitative estimate of drug-likeness (QED) is 0.811. The second-order valence-corrected chi connectivity index (χ2v) is 4.70. The summed E-state index contributed by atoms with van der Waals surface area (Å²) < 4.78 is 0. The van der Waals surface area contributed by atoms with E-state index < -0.39 is 0 Å². The highest BCUT2D eigenvalue weighted by atomic mass is 16.2. The maximum absolute atomic E-state index is 11.6. The van der Waals surface area contributed by atoms with Crippen LogP contribution in [0.5, 0.6) is 0 Å². The van der Waals surface area contributed by atoms with Crippen LogP contribution in [0.4, 0.5) is 0 Å². The molecular weight excluding hydrogens is 218 g/mol. The normalized spacial score (nSPS) is 10.8. The minimum Gasteiger partial charge on any atom is -0.350 e. The second kappa shape index (κ2) is 5.43. The van der Waals surface area contributed by atoms with E-state index in [1.54, 1.807) is 18.2 Å². The summed E-state index contributed by atoms with van der Waals surface area (Å²) in [6, 6.07) is 5.04. The van der Waals surface area contributed by atoms with Crippen molar-refractivity contribution in [2.24, 2.45) is 0 Å². The van der Waals surface area contributed by atoms with Crippen molar-refractivity contribution in [3.63, 3.8) is 0 Å². The number of pyridine rings is 1. The Balaban J connectivity index is 2.42. The molecule has 5 heteroatoms. The van der Waals surface area contributed by atoms with E-state index in [1.807, 2.05) is 20.8 Å². The number of hydrogen-bond acceptors (Lipinski definition) is 3. The Hall–Kier alpha value is -1.91. The van der Waals surface area contributed by atoms with Crippen molar-refractivity contribution in [2.75, 3.05) is 6.54 Å². The summed E-state index contributed by atoms with van der Waals surface area (Å²) >= 11 is 0. The summed E-state index contributed by atoms with van der Waals surface area (Å²) in [4.78, 5) is 26.9. The lowest BCUT2D eigenvalue weighted by Crippen LogP contribution is -2.45. The molecule has 0 atom stereocenters. The molecular formula is C12H17N3O2. The van der Waals surface area contributed by atoms with E-state index in [0.29, 0.717) is 5.69 Å². The molecule has 92 valence electrons. The fraction of sp³-hybridized carbons (Fsp3) is 0.417. The first-order valence-corrected chi connectivity index (χ1v) is 5.39. The lowest BCUT2D eigenvalue weighted by molar-refractivity contribution is -0.121. The number of carbonyl (C=O) groups is 2. The van der Waals surface area contributed by atoms with Gasteiger partial charge in [0.2, 0.25) is 5.91 Å². The van der Waals surface area contributed by atoms with Crippen molar-refractivity contribution in [3.8, 4) is 0 Å². The molecule has 0 saturated heterocycles. The third-order valence-corrected chi connectivity index (χ3v) is 1.82. The van der Waals surface area contributed by atoms with Gasteiger partial charge in [0.15, 0.2) is 0 Å². The van der Waals surface area contributed by atoms with Crippen LogP contribution >= 0.6 is 0 Å². The van der Waals surface area contributed by atoms with E-state index in [4.69, 9.17) is 0 Å². The molecule has 1 aromatic heterocycles. The van der Waals surface area contributed by atoms with Gasteiger partial charge in [-0.15, -0.1) is 0 Å². The smallest absolute Gasteiger partial charge is 0.270 e. The highest BCUT2D eigenvalue weighted by molar-refractivity contribution is 5.94. The Kier molecular flexibility index (Phi) is 4.20. The molecule has 1 heterocycles. The zero-order valence-electron chi connectivity index (χ0n) is 10.3. The number of amides is 2. The first-order valence-electron chi connectivity index (χ1n) is 5.39. The van der Waals surface area contributed by atoms with Crippen LogP contribution in [-0.4, -0.2) is 28.9 Å². The summed E-state index contributed by atoms with van der Waals surface area (Å²) in [5.41, 5.74) is 0.00310. The van der Waals surface area contributed by atoms with Gasteiger partial charge in [0.25, 0.3) is 5.91 Å². The predicted octanol–water partition coefficient (Wildman–Crippen LogP) is 0.726. The van der Waals surface area contributed by atoms with Crippen molar-refractivity contribution in [1.82, 2.24) is 15.6 Å². The van der Waals surface area contributed by atoms with Crippen LogP contribution in [0, 0.1) is 0 Å². The Morgan fingerprint density at radius 3 is 2.53 bits per heavy atom. The van der Waals surface area contributed by atoms with Gasteiger partial charge < -0.3 is 10.6 Å². The maximum atomic E-state index is 11.6. The summed E-state index contributed by atoms with van der Waals surface area (Å²) in [5.74, 6) is -0.573. The van der Waals surface area contributed by atoms with Gasteiger partial charge in [-0.3, -0.25) is 14.6 Å². The number of nitrogens with zero attached hydrogens (tertiary/aromatic N) is 1. The summed E-state index contributed by atoms with van der Waals surface area (Å²) in [6.07, 6.45) is 1.53. The van der Waals surface area contributed by atoms with Crippen molar-refractivity contribution in [1.29, 1.82) is 0 Å². The SMILES string of the molecule is CC(C)(C)NC(=O)CNC(=O)c1ccccn1. The first kappa shape index (κ1) is 13.2. The Bertz CT molecular complexity index is 396. The number of aromatic nitrogens is 1. The fourth-order valence-corrected chi connectivity index (χ4v) is 1.21. The van der Waals surface area contributed by atoms with Gasteiger partial charge in [-0.05, 0) is 32.9 Å². The average molecular weight is 235 g/mol. The monoisotopic (exact) mass is 235 g/mol. The van der Waals surface area contributed by atoms with Gasteiger partial charge in [0, 0.05) is 11.7 Å². The molecule has 0 saturated carbocycles. The van der Waals surface area contributed by atoms with Gasteiger partial charge in [-0.2, -0.15) is 0 Å². The van der Waals surface area contributed by atoms with Crippen LogP contribution in [0.15, 0.2) is 24.4 Å². The molecule has 2 amide bonds. The van der Waals surface area contributed by atoms with Crippen LogP contribution in [0.2, 0.25) is 0 Å². The van der Waals surface area contributed by atoms with E-state index in [-0.39, 0.29) is 23.9 Å². The van der Waals surface area contributed by atoms with Crippen LogP contribution in [-0.2, 0) is 4.79 Å². The van der Waals surface area contributed by atoms with Crippen LogP contribution < -0.4 is 10.6 Å². The van der Waals surface area contributed by atoms with Gasteiger partial charge >= 0.3 is 0 Å². The van der Waals surface area contributed by atoms with Gasteiger partial charge in [-0.25, -0.2) is 0 Å². The minimum absolute atomic E-state index is 0.0489. The van der Waals surface area contributed by atoms with Gasteiger partial charge in [0.1, 0.15) is 5.69 Å². The molecule has 0 unspecified atom stereocenters. The third kappa shape index (κ3) is 5.10. The summed E-state index contributed by atoms with van der Waals surface area (Å²) in [7, 11) is 0. The molecule has 0 aliphatic rings. The highest BCUT2D eigenvalue weighted by Gasteiger charge is 2.14. The molecule has 17 heavy (non-hydrogen) atoms. The van der Waals surface area contributed by atoms with Crippen molar-refractivity contribution >= 4 is 11.8 Å². The largest absolute Gasteiger partial charge is 0.350 e. The van der Waals surface area contributed by atoms with E-state index in [0.717, 1.165) is 0 Å². The Labute approximate surface area is 101 Å². The second-order valence-electron chi connectivity index (χ2n) is 4.70. The molecule has 0 spiro atoms. The predicted molar refractivity (Wildman–Crippen MR) is 64.5 cm³/mol. The number of hydrogen-bond donors (Lipinski definition) is 2. The lowest BCUT2D eigenvalue weighted by atomic mass is 10.1. The third-order valence-electron chi connectivity index (χ3n) is 1.82. The molecule has 0 aromatic carbocycles. The molecule has 0 bridgehead atoms. The van der Waals surface area contributed by atoms with Crippen LogP contribution in [0.25, 0.3) is 0 Å². The molecule has 1 aromatic rings. The molecule has 0 radical (unpaired) electrons. The molecule has 0 fully saturated rings.